The lowest BCUT2D eigenvalue weighted by atomic mass is 10.0. The van der Waals surface area contributed by atoms with Crippen molar-refractivity contribution in [1.29, 1.82) is 0 Å². The van der Waals surface area contributed by atoms with Crippen LogP contribution in [0.3, 0.4) is 0 Å². The van der Waals surface area contributed by atoms with Gasteiger partial charge in [-0.15, -0.1) is 4.73 Å². The van der Waals surface area contributed by atoms with Crippen LogP contribution in [0.1, 0.15) is 25.7 Å². The highest BCUT2D eigenvalue weighted by Gasteiger charge is 2.42. The summed E-state index contributed by atoms with van der Waals surface area (Å²) in [6.07, 6.45) is 2.61. The number of hydrogen-bond donors (Lipinski definition) is 4. The summed E-state index contributed by atoms with van der Waals surface area (Å²) in [5.74, 6) is -0.246. The first-order chi connectivity index (χ1) is 11.0. The van der Waals surface area contributed by atoms with E-state index in [0.29, 0.717) is 16.4 Å². The fourth-order valence-electron chi connectivity index (χ4n) is 2.90. The van der Waals surface area contributed by atoms with E-state index in [0.717, 1.165) is 18.6 Å². The minimum atomic E-state index is -0.514. The highest BCUT2D eigenvalue weighted by molar-refractivity contribution is 8.00. The quantitative estimate of drug-likeness (QED) is 0.445. The lowest BCUT2D eigenvalue weighted by Gasteiger charge is -2.16. The molecule has 2 aliphatic heterocycles. The van der Waals surface area contributed by atoms with E-state index in [4.69, 9.17) is 4.84 Å². The third-order valence-corrected chi connectivity index (χ3v) is 5.56. The van der Waals surface area contributed by atoms with Gasteiger partial charge in [-0.3, -0.25) is 0 Å². The molecule has 3 atom stereocenters. The molecule has 4 N–H and O–H groups in total. The number of amides is 2. The normalized spacial score (nSPS) is 25.7. The maximum absolute atomic E-state index is 11.7. The highest BCUT2D eigenvalue weighted by atomic mass is 32.2. The molecule has 1 aromatic rings. The van der Waals surface area contributed by atoms with E-state index < -0.39 is 5.97 Å². The second kappa shape index (κ2) is 6.61. The molecule has 126 valence electrons. The molecule has 2 saturated heterocycles. The lowest BCUT2D eigenvalue weighted by molar-refractivity contribution is -0.145. The SMILES string of the molecule is O=C1NC2CSC(CCCCC(=O)On3c(O)ccc3O)C2N1. The standard InChI is InChI=1S/C14H19N3O5S/c18-10-5-6-11(19)17(10)22-12(20)4-2-1-3-9-13-8(7-23-9)15-14(21)16-13/h5-6,8-9,13,18-19H,1-4,7H2,(H2,15,16,21). The average Bonchev–Trinajstić information content (AvgIpc) is 3.14. The predicted molar refractivity (Wildman–Crippen MR) is 83.3 cm³/mol. The molecular weight excluding hydrogens is 322 g/mol. The molecule has 9 heteroatoms. The zero-order valence-electron chi connectivity index (χ0n) is 12.4. The second-order valence-electron chi connectivity index (χ2n) is 5.68. The van der Waals surface area contributed by atoms with Crippen molar-refractivity contribution >= 4 is 23.8 Å². The first kappa shape index (κ1) is 15.9. The smallest absolute Gasteiger partial charge is 0.333 e. The summed E-state index contributed by atoms with van der Waals surface area (Å²) in [7, 11) is 0. The molecule has 0 spiro atoms. The Kier molecular flexibility index (Phi) is 4.56. The molecule has 0 saturated carbocycles. The van der Waals surface area contributed by atoms with E-state index in [1.54, 1.807) is 0 Å². The molecule has 2 aliphatic rings. The Morgan fingerprint density at radius 1 is 1.30 bits per heavy atom. The van der Waals surface area contributed by atoms with Gasteiger partial charge in [0.1, 0.15) is 0 Å². The molecule has 0 bridgehead atoms. The van der Waals surface area contributed by atoms with Crippen molar-refractivity contribution in [2.75, 3.05) is 5.75 Å². The molecule has 0 aliphatic carbocycles. The number of fused-ring (bicyclic) bond motifs is 1. The third-order valence-electron chi connectivity index (χ3n) is 4.05. The van der Waals surface area contributed by atoms with Gasteiger partial charge in [-0.1, -0.05) is 6.42 Å². The van der Waals surface area contributed by atoms with Crippen LogP contribution in [0.15, 0.2) is 12.1 Å². The van der Waals surface area contributed by atoms with E-state index >= 15 is 0 Å². The van der Waals surface area contributed by atoms with E-state index in [1.165, 1.54) is 12.1 Å². The van der Waals surface area contributed by atoms with Crippen LogP contribution < -0.4 is 15.5 Å². The van der Waals surface area contributed by atoms with Crippen molar-refractivity contribution in [3.05, 3.63) is 12.1 Å². The van der Waals surface area contributed by atoms with Gasteiger partial charge in [-0.25, -0.2) is 9.59 Å². The van der Waals surface area contributed by atoms with E-state index in [9.17, 15) is 19.8 Å². The van der Waals surface area contributed by atoms with Crippen molar-refractivity contribution in [2.45, 2.75) is 43.0 Å². The van der Waals surface area contributed by atoms with Gasteiger partial charge in [-0.2, -0.15) is 11.8 Å². The van der Waals surface area contributed by atoms with Gasteiger partial charge < -0.3 is 25.7 Å². The van der Waals surface area contributed by atoms with Crippen LogP contribution in [0.5, 0.6) is 11.8 Å². The summed E-state index contributed by atoms with van der Waals surface area (Å²) in [5.41, 5.74) is 0. The van der Waals surface area contributed by atoms with E-state index in [-0.39, 0.29) is 36.3 Å². The molecule has 1 aromatic heterocycles. The zero-order chi connectivity index (χ0) is 16.4. The number of unbranched alkanes of at least 4 members (excludes halogenated alkanes) is 1. The zero-order valence-corrected chi connectivity index (χ0v) is 13.2. The summed E-state index contributed by atoms with van der Waals surface area (Å²) in [6, 6.07) is 2.76. The molecule has 3 unspecified atom stereocenters. The van der Waals surface area contributed by atoms with Crippen molar-refractivity contribution < 1.29 is 24.6 Å². The Hall–Kier alpha value is -2.03. The largest absolute Gasteiger partial charge is 0.492 e. The number of rotatable bonds is 6. The van der Waals surface area contributed by atoms with Crippen LogP contribution in [-0.4, -0.2) is 50.0 Å². The second-order valence-corrected chi connectivity index (χ2v) is 6.95. The topological polar surface area (TPSA) is 113 Å². The molecule has 2 amide bonds. The molecule has 2 fully saturated rings. The van der Waals surface area contributed by atoms with Crippen LogP contribution >= 0.6 is 11.8 Å². The minimum absolute atomic E-state index is 0.0970. The molecule has 0 radical (unpaired) electrons. The van der Waals surface area contributed by atoms with Crippen LogP contribution in [0.4, 0.5) is 4.79 Å². The Balaban J connectivity index is 1.37. The molecule has 0 aromatic carbocycles. The summed E-state index contributed by atoms with van der Waals surface area (Å²) in [5, 5.41) is 25.0. The van der Waals surface area contributed by atoms with Gasteiger partial charge in [0.2, 0.25) is 11.8 Å². The number of urea groups is 1. The Bertz CT molecular complexity index is 586. The van der Waals surface area contributed by atoms with E-state index in [2.05, 4.69) is 10.6 Å². The average molecular weight is 341 g/mol. The van der Waals surface area contributed by atoms with Gasteiger partial charge in [0.15, 0.2) is 0 Å². The maximum Gasteiger partial charge on any atom is 0.333 e. The predicted octanol–water partition coefficient (Wildman–Crippen LogP) is 0.580. The van der Waals surface area contributed by atoms with Crippen LogP contribution in [0.2, 0.25) is 0 Å². The molecular formula is C14H19N3O5S. The molecule has 23 heavy (non-hydrogen) atoms. The molecule has 8 nitrogen and oxygen atoms in total. The maximum atomic E-state index is 11.7. The summed E-state index contributed by atoms with van der Waals surface area (Å²) in [4.78, 5) is 27.9. The first-order valence-electron chi connectivity index (χ1n) is 7.54. The Morgan fingerprint density at radius 2 is 2.04 bits per heavy atom. The molecule has 3 rings (SSSR count). The fourth-order valence-corrected chi connectivity index (χ4v) is 4.44. The molecule has 3 heterocycles. The van der Waals surface area contributed by atoms with Crippen LogP contribution in [0.25, 0.3) is 0 Å². The summed E-state index contributed by atoms with van der Waals surface area (Å²) in [6.45, 7) is 0. The van der Waals surface area contributed by atoms with Crippen molar-refractivity contribution in [3.63, 3.8) is 0 Å². The van der Waals surface area contributed by atoms with Crippen molar-refractivity contribution in [1.82, 2.24) is 15.4 Å². The van der Waals surface area contributed by atoms with Gasteiger partial charge >= 0.3 is 12.0 Å². The third kappa shape index (κ3) is 3.49. The number of hydrogen-bond acceptors (Lipinski definition) is 6. The fraction of sp³-hybridized carbons (Fsp3) is 0.571. The van der Waals surface area contributed by atoms with Gasteiger partial charge in [-0.05, 0) is 12.8 Å². The number of thioether (sulfide) groups is 1. The Labute approximate surface area is 137 Å². The number of carbonyl (C=O) groups excluding carboxylic acids is 2. The number of carbonyl (C=O) groups is 2. The number of aromatic nitrogens is 1. The van der Waals surface area contributed by atoms with Crippen molar-refractivity contribution in [3.8, 4) is 11.8 Å². The number of nitrogens with one attached hydrogen (secondary N) is 2. The van der Waals surface area contributed by atoms with Crippen LogP contribution in [-0.2, 0) is 4.79 Å². The minimum Gasteiger partial charge on any atom is -0.492 e. The Morgan fingerprint density at radius 3 is 2.78 bits per heavy atom. The van der Waals surface area contributed by atoms with Crippen molar-refractivity contribution in [2.24, 2.45) is 0 Å². The summed E-state index contributed by atoms with van der Waals surface area (Å²) < 4.78 is 0.694. The monoisotopic (exact) mass is 341 g/mol. The lowest BCUT2D eigenvalue weighted by Crippen LogP contribution is -2.36. The van der Waals surface area contributed by atoms with Gasteiger partial charge in [0.05, 0.1) is 12.1 Å². The number of aromatic hydroxyl groups is 2. The first-order valence-corrected chi connectivity index (χ1v) is 8.59. The number of nitrogens with zero attached hydrogens (tertiary/aromatic N) is 1. The van der Waals surface area contributed by atoms with Gasteiger partial charge in [0.25, 0.3) is 0 Å². The highest BCUT2D eigenvalue weighted by Crippen LogP contribution is 2.33. The van der Waals surface area contributed by atoms with Gasteiger partial charge in [0, 0.05) is 29.6 Å². The van der Waals surface area contributed by atoms with E-state index in [1.807, 2.05) is 11.8 Å². The van der Waals surface area contributed by atoms with Crippen LogP contribution in [0, 0.1) is 0 Å². The summed E-state index contributed by atoms with van der Waals surface area (Å²) >= 11 is 1.84.